The highest BCUT2D eigenvalue weighted by molar-refractivity contribution is 6.31. The standard InChI is InChI=1S/C13H10Cl2FN/c14-10-2-1-3-12(6-10)17-8-9-4-5-11(15)7-13(9)16/h1-7,17H,8H2. The first-order chi connectivity index (χ1) is 8.15. The number of benzene rings is 2. The minimum absolute atomic E-state index is 0.313. The lowest BCUT2D eigenvalue weighted by Crippen LogP contribution is -2.01. The van der Waals surface area contributed by atoms with E-state index in [0.717, 1.165) is 5.69 Å². The molecular weight excluding hydrogens is 260 g/mol. The predicted molar refractivity (Wildman–Crippen MR) is 70.2 cm³/mol. The van der Waals surface area contributed by atoms with Gasteiger partial charge in [0.1, 0.15) is 5.82 Å². The van der Waals surface area contributed by atoms with Crippen molar-refractivity contribution >= 4 is 28.9 Å². The summed E-state index contributed by atoms with van der Waals surface area (Å²) in [6.45, 7) is 0.392. The number of halogens is 3. The Bertz CT molecular complexity index is 529. The van der Waals surface area contributed by atoms with E-state index in [2.05, 4.69) is 5.32 Å². The first kappa shape index (κ1) is 12.2. The summed E-state index contributed by atoms with van der Waals surface area (Å²) in [6, 6.07) is 11.9. The van der Waals surface area contributed by atoms with Crippen molar-refractivity contribution < 1.29 is 4.39 Å². The van der Waals surface area contributed by atoms with Gasteiger partial charge in [0.15, 0.2) is 0 Å². The van der Waals surface area contributed by atoms with E-state index >= 15 is 0 Å². The quantitative estimate of drug-likeness (QED) is 0.849. The maximum Gasteiger partial charge on any atom is 0.129 e. The van der Waals surface area contributed by atoms with Crippen LogP contribution in [0, 0.1) is 5.82 Å². The van der Waals surface area contributed by atoms with Crippen molar-refractivity contribution in [2.75, 3.05) is 5.32 Å². The Morgan fingerprint density at radius 3 is 2.47 bits per heavy atom. The van der Waals surface area contributed by atoms with Crippen LogP contribution in [-0.4, -0.2) is 0 Å². The fourth-order valence-corrected chi connectivity index (χ4v) is 1.81. The Morgan fingerprint density at radius 1 is 1.00 bits per heavy atom. The molecule has 2 aromatic rings. The zero-order valence-electron chi connectivity index (χ0n) is 8.88. The van der Waals surface area contributed by atoms with Crippen LogP contribution in [0.5, 0.6) is 0 Å². The topological polar surface area (TPSA) is 12.0 Å². The van der Waals surface area contributed by atoms with Crippen molar-refractivity contribution in [3.63, 3.8) is 0 Å². The summed E-state index contributed by atoms with van der Waals surface area (Å²) in [7, 11) is 0. The summed E-state index contributed by atoms with van der Waals surface area (Å²) in [5, 5.41) is 4.14. The highest BCUT2D eigenvalue weighted by Gasteiger charge is 2.02. The Kier molecular flexibility index (Phi) is 3.87. The van der Waals surface area contributed by atoms with Crippen LogP contribution >= 0.6 is 23.2 Å². The van der Waals surface area contributed by atoms with E-state index in [4.69, 9.17) is 23.2 Å². The minimum Gasteiger partial charge on any atom is -0.381 e. The molecule has 1 nitrogen and oxygen atoms in total. The molecule has 0 unspecified atom stereocenters. The predicted octanol–water partition coefficient (Wildman–Crippen LogP) is 4.74. The van der Waals surface area contributed by atoms with Crippen molar-refractivity contribution in [1.82, 2.24) is 0 Å². The number of anilines is 1. The smallest absolute Gasteiger partial charge is 0.129 e. The van der Waals surface area contributed by atoms with Crippen LogP contribution in [0.25, 0.3) is 0 Å². The molecule has 0 saturated carbocycles. The molecule has 4 heteroatoms. The molecule has 0 heterocycles. The van der Waals surface area contributed by atoms with Gasteiger partial charge in [0.25, 0.3) is 0 Å². The lowest BCUT2D eigenvalue weighted by atomic mass is 10.2. The van der Waals surface area contributed by atoms with Gasteiger partial charge < -0.3 is 5.32 Å². The summed E-state index contributed by atoms with van der Waals surface area (Å²) in [6.07, 6.45) is 0. The molecule has 0 aliphatic rings. The average Bonchev–Trinajstić information content (AvgIpc) is 2.28. The molecule has 88 valence electrons. The van der Waals surface area contributed by atoms with Crippen LogP contribution in [0.3, 0.4) is 0 Å². The molecule has 2 rings (SSSR count). The minimum atomic E-state index is -0.313. The fourth-order valence-electron chi connectivity index (χ4n) is 1.46. The second-order valence-corrected chi connectivity index (χ2v) is 4.47. The van der Waals surface area contributed by atoms with Crippen molar-refractivity contribution in [2.45, 2.75) is 6.54 Å². The average molecular weight is 270 g/mol. The van der Waals surface area contributed by atoms with Crippen LogP contribution in [0.2, 0.25) is 10.0 Å². The molecule has 0 amide bonds. The van der Waals surface area contributed by atoms with Crippen molar-refractivity contribution in [3.05, 3.63) is 63.9 Å². The molecule has 0 spiro atoms. The summed E-state index contributed by atoms with van der Waals surface area (Å²) < 4.78 is 13.5. The lowest BCUT2D eigenvalue weighted by molar-refractivity contribution is 0.613. The molecular formula is C13H10Cl2FN. The van der Waals surface area contributed by atoms with Gasteiger partial charge >= 0.3 is 0 Å². The first-order valence-corrected chi connectivity index (χ1v) is 5.84. The van der Waals surface area contributed by atoms with E-state index in [-0.39, 0.29) is 5.82 Å². The summed E-state index contributed by atoms with van der Waals surface area (Å²) >= 11 is 11.5. The van der Waals surface area contributed by atoms with Gasteiger partial charge in [0, 0.05) is 27.8 Å². The molecule has 0 fully saturated rings. The van der Waals surface area contributed by atoms with Crippen LogP contribution in [-0.2, 0) is 6.54 Å². The van der Waals surface area contributed by atoms with Crippen LogP contribution in [0.1, 0.15) is 5.56 Å². The molecule has 1 N–H and O–H groups in total. The van der Waals surface area contributed by atoms with Gasteiger partial charge in [-0.2, -0.15) is 0 Å². The maximum absolute atomic E-state index is 13.5. The van der Waals surface area contributed by atoms with E-state index in [1.807, 2.05) is 12.1 Å². The third kappa shape index (κ3) is 3.35. The number of rotatable bonds is 3. The molecule has 0 aliphatic heterocycles. The Morgan fingerprint density at radius 2 is 1.76 bits per heavy atom. The Labute approximate surface area is 109 Å². The zero-order valence-corrected chi connectivity index (χ0v) is 10.4. The number of nitrogens with one attached hydrogen (secondary N) is 1. The van der Waals surface area contributed by atoms with Gasteiger partial charge in [-0.15, -0.1) is 0 Å². The second-order valence-electron chi connectivity index (χ2n) is 3.60. The van der Waals surface area contributed by atoms with E-state index < -0.39 is 0 Å². The SMILES string of the molecule is Fc1cc(Cl)ccc1CNc1cccc(Cl)c1. The van der Waals surface area contributed by atoms with Crippen molar-refractivity contribution in [3.8, 4) is 0 Å². The van der Waals surface area contributed by atoms with Gasteiger partial charge in [-0.1, -0.05) is 35.3 Å². The third-order valence-corrected chi connectivity index (χ3v) is 2.79. The fraction of sp³-hybridized carbons (Fsp3) is 0.0769. The molecule has 17 heavy (non-hydrogen) atoms. The lowest BCUT2D eigenvalue weighted by Gasteiger charge is -2.07. The van der Waals surface area contributed by atoms with Gasteiger partial charge in [0.05, 0.1) is 0 Å². The number of hydrogen-bond acceptors (Lipinski definition) is 1. The highest BCUT2D eigenvalue weighted by atomic mass is 35.5. The van der Waals surface area contributed by atoms with Gasteiger partial charge in [0.2, 0.25) is 0 Å². The molecule has 0 aliphatic carbocycles. The van der Waals surface area contributed by atoms with Gasteiger partial charge in [-0.25, -0.2) is 4.39 Å². The Balaban J connectivity index is 2.07. The van der Waals surface area contributed by atoms with E-state index in [0.29, 0.717) is 22.2 Å². The zero-order chi connectivity index (χ0) is 12.3. The summed E-state index contributed by atoms with van der Waals surface area (Å²) in [4.78, 5) is 0. The normalized spacial score (nSPS) is 10.3. The monoisotopic (exact) mass is 269 g/mol. The second kappa shape index (κ2) is 5.39. The molecule has 0 aromatic heterocycles. The molecule has 0 radical (unpaired) electrons. The summed E-state index contributed by atoms with van der Waals surface area (Å²) in [5.74, 6) is -0.313. The first-order valence-electron chi connectivity index (χ1n) is 5.08. The number of hydrogen-bond donors (Lipinski definition) is 1. The molecule has 0 bridgehead atoms. The Hall–Kier alpha value is -1.25. The molecule has 2 aromatic carbocycles. The van der Waals surface area contributed by atoms with E-state index in [1.165, 1.54) is 6.07 Å². The van der Waals surface area contributed by atoms with E-state index in [9.17, 15) is 4.39 Å². The maximum atomic E-state index is 13.5. The third-order valence-electron chi connectivity index (χ3n) is 2.32. The molecule has 0 saturated heterocycles. The highest BCUT2D eigenvalue weighted by Crippen LogP contribution is 2.18. The van der Waals surface area contributed by atoms with E-state index in [1.54, 1.807) is 24.3 Å². The van der Waals surface area contributed by atoms with Crippen LogP contribution in [0.15, 0.2) is 42.5 Å². The van der Waals surface area contributed by atoms with Crippen LogP contribution in [0.4, 0.5) is 10.1 Å². The van der Waals surface area contributed by atoms with Crippen molar-refractivity contribution in [1.29, 1.82) is 0 Å². The largest absolute Gasteiger partial charge is 0.381 e. The summed E-state index contributed by atoms with van der Waals surface area (Å²) in [5.41, 5.74) is 1.42. The van der Waals surface area contributed by atoms with Crippen molar-refractivity contribution in [2.24, 2.45) is 0 Å². The molecule has 0 atom stereocenters. The van der Waals surface area contributed by atoms with Gasteiger partial charge in [-0.3, -0.25) is 0 Å². The van der Waals surface area contributed by atoms with Gasteiger partial charge in [-0.05, 0) is 30.3 Å². The van der Waals surface area contributed by atoms with Crippen LogP contribution < -0.4 is 5.32 Å².